The summed E-state index contributed by atoms with van der Waals surface area (Å²) in [4.78, 5) is 161. The van der Waals surface area contributed by atoms with Gasteiger partial charge < -0.3 is 91.7 Å². The summed E-state index contributed by atoms with van der Waals surface area (Å²) in [6.07, 6.45) is -0.928. The van der Waals surface area contributed by atoms with Crippen LogP contribution in [0.3, 0.4) is 0 Å². The highest BCUT2D eigenvalue weighted by molar-refractivity contribution is 6.02. The number of carbonyl (C=O) groups is 12. The van der Waals surface area contributed by atoms with Gasteiger partial charge in [0.15, 0.2) is 0 Å². The standard InChI is InChI=1S/C30H37N3O7.C29H35N3O7.C29H34N2O8/c1-17-26(35)22(16-19-10-5-4-6-11-19)31-28(37)24(32-27(36)21-14-7-8-15-23(21)34)18(2)40-30(39)25(20-12-9-13-20)33(3)29(17)38;1-16-25(34)21(15-18-9-4-3-5-10-18)30-28(37)23(31-27(36)20-13-6-7-14-22(20)33)17(2)39-29(38)24(32-26(16)35)19-11-8-12-19;1-16-24(33)21(15-18-9-4-3-5-10-18)30-27(35)23(31-26(34)20-13-6-7-14-22(20)32)17(2)38-29(37)25(39-28(16)36)19-11-8-12-19/h4-8,10-11,14-15,17-18,20,22,24-26,34-35H,9,12-13,16H2,1-3H3,(H,31,37)(H,32,36);3-7,9-10,13-14,16-17,19,21,23-25,33-34H,8,11-12,15H2,1-2H3,(H,30,37)(H,31,36)(H,32,35);3-7,9-10,13-14,16-17,19,21,23-25,32-33H,8,11-12,15H2,1-2H3,(H,30,35)(H,31,34)/t17-,18-,22+,24+,25?,26+;16-,17-,21+,23+,24?,25+;16-,17-,21+,23+,24+,25?/m111/s1. The molecule has 3 saturated heterocycles. The largest absolute Gasteiger partial charge is 0.507 e. The summed E-state index contributed by atoms with van der Waals surface area (Å²) >= 11 is 0. The fourth-order valence-electron chi connectivity index (χ4n) is 15.1. The minimum atomic E-state index is -1.38. The van der Waals surface area contributed by atoms with E-state index in [1.807, 2.05) is 91.0 Å². The van der Waals surface area contributed by atoms with Gasteiger partial charge in [0, 0.05) is 13.0 Å². The maximum atomic E-state index is 13.7. The predicted molar refractivity (Wildman–Crippen MR) is 427 cm³/mol. The smallest absolute Gasteiger partial charge is 0.348 e. The molecule has 6 aromatic rings. The van der Waals surface area contributed by atoms with E-state index in [-0.39, 0.29) is 71.0 Å². The van der Waals surface area contributed by atoms with Gasteiger partial charge in [-0.15, -0.1) is 0 Å². The third kappa shape index (κ3) is 22.3. The average Bonchev–Trinajstić information content (AvgIpc) is 0.488. The molecular weight excluding hydrogens is 1520 g/mol. The van der Waals surface area contributed by atoms with Gasteiger partial charge >= 0.3 is 23.9 Å². The zero-order valence-electron chi connectivity index (χ0n) is 66.9. The number of nitrogens with zero attached hydrogens (tertiary/aromatic N) is 1. The van der Waals surface area contributed by atoms with E-state index in [4.69, 9.17) is 18.9 Å². The van der Waals surface area contributed by atoms with Crippen molar-refractivity contribution < 1.29 is 107 Å². The second-order valence-corrected chi connectivity index (χ2v) is 31.4. The Morgan fingerprint density at radius 1 is 0.373 bits per heavy atom. The number of amides is 8. The van der Waals surface area contributed by atoms with Crippen molar-refractivity contribution in [1.82, 2.24) is 42.1 Å². The van der Waals surface area contributed by atoms with Crippen molar-refractivity contribution in [2.45, 2.75) is 210 Å². The molecule has 0 bridgehead atoms. The number of hydrogen-bond acceptors (Lipinski definition) is 22. The average molecular weight is 1630 g/mol. The zero-order valence-corrected chi connectivity index (χ0v) is 66.9. The summed E-state index contributed by atoms with van der Waals surface area (Å²) in [5.41, 5.74) is 2.29. The molecular formula is C88H106N8O22. The molecule has 3 saturated carbocycles. The topological polar surface area (TPSA) is 451 Å². The van der Waals surface area contributed by atoms with Crippen LogP contribution >= 0.6 is 0 Å². The van der Waals surface area contributed by atoms with E-state index in [2.05, 4.69) is 37.2 Å². The van der Waals surface area contributed by atoms with Gasteiger partial charge in [-0.05, 0) is 150 Å². The minimum Gasteiger partial charge on any atom is -0.507 e. The van der Waals surface area contributed by atoms with Gasteiger partial charge in [0.2, 0.25) is 35.6 Å². The number of ether oxygens (including phenoxy) is 4. The molecule has 30 nitrogen and oxygen atoms in total. The number of esters is 4. The molecule has 8 amide bonds. The highest BCUT2D eigenvalue weighted by Crippen LogP contribution is 2.37. The van der Waals surface area contributed by atoms with Crippen LogP contribution in [0.15, 0.2) is 164 Å². The Morgan fingerprint density at radius 2 is 0.695 bits per heavy atom. The first-order valence-corrected chi connectivity index (χ1v) is 40.1. The number of phenolic OH excluding ortho intramolecular Hbond substituents is 3. The third-order valence-corrected chi connectivity index (χ3v) is 23.1. The van der Waals surface area contributed by atoms with Gasteiger partial charge in [-0.25, -0.2) is 14.4 Å². The first-order chi connectivity index (χ1) is 56.4. The number of aromatic hydroxyl groups is 3. The van der Waals surface area contributed by atoms with E-state index in [1.54, 1.807) is 50.2 Å². The quantitative estimate of drug-likeness (QED) is 0.0469. The minimum absolute atomic E-state index is 0.0490. The van der Waals surface area contributed by atoms with Crippen LogP contribution in [0.2, 0.25) is 0 Å². The number of nitrogens with one attached hydrogen (secondary N) is 7. The fourth-order valence-corrected chi connectivity index (χ4v) is 15.1. The molecule has 13 N–H and O–H groups in total. The summed E-state index contributed by atoms with van der Waals surface area (Å²) in [6, 6.07) is 36.5. The molecule has 3 heterocycles. The van der Waals surface area contributed by atoms with Crippen molar-refractivity contribution in [1.29, 1.82) is 0 Å². The van der Waals surface area contributed by atoms with E-state index in [0.29, 0.717) is 12.8 Å². The second kappa shape index (κ2) is 40.9. The maximum Gasteiger partial charge on any atom is 0.348 e. The molecule has 30 heteroatoms. The number of cyclic esters (lactones) is 4. The fraction of sp³-hybridized carbons (Fsp3) is 0.455. The van der Waals surface area contributed by atoms with Gasteiger partial charge in [-0.3, -0.25) is 43.2 Å². The lowest BCUT2D eigenvalue weighted by Crippen LogP contribution is -2.61. The van der Waals surface area contributed by atoms with Crippen LogP contribution in [-0.4, -0.2) is 205 Å². The summed E-state index contributed by atoms with van der Waals surface area (Å²) in [5.74, 6) is -12.5. The van der Waals surface area contributed by atoms with Crippen LogP contribution in [0.1, 0.15) is 147 Å². The van der Waals surface area contributed by atoms with Gasteiger partial charge in [0.05, 0.1) is 70.9 Å². The number of aliphatic hydroxyl groups is 3. The van der Waals surface area contributed by atoms with Gasteiger partial charge in [0.25, 0.3) is 17.7 Å². The second-order valence-electron chi connectivity index (χ2n) is 31.4. The van der Waals surface area contributed by atoms with Crippen LogP contribution in [0.25, 0.3) is 0 Å². The van der Waals surface area contributed by atoms with Crippen molar-refractivity contribution in [3.8, 4) is 17.2 Å². The Labute approximate surface area is 683 Å². The van der Waals surface area contributed by atoms with E-state index in [0.717, 1.165) is 61.6 Å². The molecule has 18 atom stereocenters. The van der Waals surface area contributed by atoms with E-state index in [1.165, 1.54) is 76.0 Å². The Bertz CT molecular complexity index is 4340. The first kappa shape index (κ1) is 88.6. The van der Waals surface area contributed by atoms with Crippen molar-refractivity contribution >= 4 is 71.1 Å². The van der Waals surface area contributed by atoms with Crippen LogP contribution < -0.4 is 37.2 Å². The summed E-state index contributed by atoms with van der Waals surface area (Å²) < 4.78 is 22.6. The van der Waals surface area contributed by atoms with Gasteiger partial charge in [0.1, 0.15) is 65.8 Å². The highest BCUT2D eigenvalue weighted by Gasteiger charge is 2.48. The van der Waals surface area contributed by atoms with E-state index in [9.17, 15) is 88.2 Å². The highest BCUT2D eigenvalue weighted by atomic mass is 16.6. The molecule has 118 heavy (non-hydrogen) atoms. The van der Waals surface area contributed by atoms with Crippen LogP contribution in [0.4, 0.5) is 0 Å². The molecule has 6 aliphatic rings. The van der Waals surface area contributed by atoms with Crippen molar-refractivity contribution in [2.24, 2.45) is 35.5 Å². The summed E-state index contributed by atoms with van der Waals surface area (Å²) in [7, 11) is 1.54. The molecule has 0 radical (unpaired) electrons. The molecule has 3 aliphatic heterocycles. The van der Waals surface area contributed by atoms with Crippen LogP contribution in [-0.2, 0) is 81.4 Å². The number of para-hydroxylation sites is 3. The van der Waals surface area contributed by atoms with Crippen LogP contribution in [0.5, 0.6) is 17.2 Å². The van der Waals surface area contributed by atoms with E-state index >= 15 is 0 Å². The van der Waals surface area contributed by atoms with Crippen molar-refractivity contribution in [2.75, 3.05) is 7.05 Å². The van der Waals surface area contributed by atoms with Crippen molar-refractivity contribution in [3.05, 3.63) is 197 Å². The Kier molecular flexibility index (Phi) is 30.7. The first-order valence-electron chi connectivity index (χ1n) is 40.1. The molecule has 6 fully saturated rings. The van der Waals surface area contributed by atoms with Gasteiger partial charge in [-0.1, -0.05) is 161 Å². The molecule has 3 aliphatic carbocycles. The number of carbonyl (C=O) groups excluding carboxylic acids is 12. The summed E-state index contributed by atoms with van der Waals surface area (Å²) in [5, 5.41) is 83.2. The molecule has 6 aromatic carbocycles. The van der Waals surface area contributed by atoms with Gasteiger partial charge in [-0.2, -0.15) is 0 Å². The number of aliphatic hydroxyl groups excluding tert-OH is 3. The SMILES string of the molecule is C[C@H]1OC(=O)C(C2CCC2)N(C)C(=O)[C@H](C)[C@H](O)[C@H](Cc2ccccc2)NC(=O)[C@H]1NC(=O)c1ccccc1O.C[C@H]1OC(=O)C(C2CCC2)NC(=O)[C@H](C)[C@H](O)[C@H](Cc2ccccc2)NC(=O)[C@H]1NC(=O)c1ccccc1O.C[C@H]1OC(=O)C(C2CCC2)OC(=O)[C@H](C)[C@H](O)[C@H](Cc2ccccc2)NC(=O)[C@H]1NC(=O)c1ccccc1O. The normalized spacial score (nSPS) is 28.5. The number of hydrogen-bond donors (Lipinski definition) is 13. The lowest BCUT2D eigenvalue weighted by Gasteiger charge is -2.41. The summed E-state index contributed by atoms with van der Waals surface area (Å²) in [6.45, 7) is 9.01. The molecule has 630 valence electrons. The van der Waals surface area contributed by atoms with E-state index < -0.39 is 180 Å². The Hall–Kier alpha value is -11.8. The van der Waals surface area contributed by atoms with Crippen molar-refractivity contribution in [3.63, 3.8) is 0 Å². The molecule has 0 spiro atoms. The monoisotopic (exact) mass is 1630 g/mol. The Balaban J connectivity index is 0.000000186. The zero-order chi connectivity index (χ0) is 85.2. The van der Waals surface area contributed by atoms with Crippen LogP contribution in [0, 0.1) is 35.5 Å². The lowest BCUT2D eigenvalue weighted by molar-refractivity contribution is -0.183. The molecule has 12 rings (SSSR count). The predicted octanol–water partition coefficient (Wildman–Crippen LogP) is 5.11. The number of benzene rings is 6. The number of phenols is 3. The maximum absolute atomic E-state index is 13.7. The lowest BCUT2D eigenvalue weighted by atomic mass is 9.78. The number of likely N-dealkylation sites (N-methyl/N-ethyl adjacent to an activating group) is 1. The molecule has 0 aromatic heterocycles. The number of rotatable bonds is 15. The Morgan fingerprint density at radius 3 is 1.04 bits per heavy atom. The molecule has 3 unspecified atom stereocenters. The third-order valence-electron chi connectivity index (χ3n) is 23.1.